The van der Waals surface area contributed by atoms with E-state index in [1.165, 1.54) is 22.4 Å². The molecular weight excluding hydrogens is 244 g/mol. The van der Waals surface area contributed by atoms with E-state index in [0.717, 1.165) is 5.22 Å². The highest BCUT2D eigenvalue weighted by Gasteiger charge is 2.14. The van der Waals surface area contributed by atoms with Crippen LogP contribution in [0.15, 0.2) is 30.6 Å². The standard InChI is InChI=1S/C9H7ClN6O/c10-8-2-1-7-6-14(16-11-3-4-12-16)13-15(17)9(7)5-8/h1-6,13H. The lowest BCUT2D eigenvalue weighted by Crippen LogP contribution is -2.59. The van der Waals surface area contributed by atoms with Gasteiger partial charge in [0.05, 0.1) is 23.8 Å². The zero-order valence-corrected chi connectivity index (χ0v) is 9.24. The average Bonchev–Trinajstić information content (AvgIpc) is 2.83. The average molecular weight is 251 g/mol. The molecule has 0 aliphatic carbocycles. The van der Waals surface area contributed by atoms with Crippen LogP contribution in [0.25, 0.3) is 6.20 Å². The number of fused-ring (bicyclic) bond motifs is 1. The Morgan fingerprint density at radius 3 is 2.82 bits per heavy atom. The van der Waals surface area contributed by atoms with Gasteiger partial charge in [0, 0.05) is 11.1 Å². The predicted octanol–water partition coefficient (Wildman–Crippen LogP) is -1.27. The molecule has 0 radical (unpaired) electrons. The molecule has 1 aromatic carbocycles. The molecule has 7 nitrogen and oxygen atoms in total. The molecule has 2 aromatic rings. The Morgan fingerprint density at radius 2 is 2.06 bits per heavy atom. The number of hydrogen-bond donors (Lipinski definition) is 1. The maximum Gasteiger partial charge on any atom is 0.254 e. The van der Waals surface area contributed by atoms with Crippen LogP contribution in [0.5, 0.6) is 0 Å². The predicted molar refractivity (Wildman–Crippen MR) is 61.1 cm³/mol. The zero-order chi connectivity index (χ0) is 11.8. The highest BCUT2D eigenvalue weighted by Crippen LogP contribution is 1.99. The fourth-order valence-corrected chi connectivity index (χ4v) is 1.69. The van der Waals surface area contributed by atoms with Crippen LogP contribution in [0.2, 0.25) is 5.02 Å². The molecule has 1 aliphatic heterocycles. The Kier molecular flexibility index (Phi) is 2.12. The summed E-state index contributed by atoms with van der Waals surface area (Å²) >= 11 is 5.83. The first-order chi connectivity index (χ1) is 8.24. The van der Waals surface area contributed by atoms with E-state index >= 15 is 0 Å². The number of benzene rings is 1. The summed E-state index contributed by atoms with van der Waals surface area (Å²) in [5.74, 6) is 0. The van der Waals surface area contributed by atoms with Gasteiger partial charge >= 0.3 is 0 Å². The largest absolute Gasteiger partial charge is 0.594 e. The van der Waals surface area contributed by atoms with Crippen molar-refractivity contribution < 1.29 is 0 Å². The Balaban J connectivity index is 2.17. The molecule has 1 N–H and O–H groups in total. The lowest BCUT2D eigenvalue weighted by Gasteiger charge is -2.20. The van der Waals surface area contributed by atoms with Crippen molar-refractivity contribution in [2.75, 3.05) is 5.12 Å². The van der Waals surface area contributed by atoms with E-state index in [1.807, 2.05) is 0 Å². The quantitative estimate of drug-likeness (QED) is 0.505. The van der Waals surface area contributed by atoms with Gasteiger partial charge < -0.3 is 5.21 Å². The van der Waals surface area contributed by atoms with Gasteiger partial charge in [-0.2, -0.15) is 0 Å². The zero-order valence-electron chi connectivity index (χ0n) is 8.49. The maximum absolute atomic E-state index is 11.8. The third-order valence-corrected chi connectivity index (χ3v) is 2.50. The van der Waals surface area contributed by atoms with E-state index in [0.29, 0.717) is 15.2 Å². The molecule has 0 saturated carbocycles. The summed E-state index contributed by atoms with van der Waals surface area (Å²) in [5.41, 5.74) is 2.54. The molecule has 0 amide bonds. The van der Waals surface area contributed by atoms with Gasteiger partial charge in [0.15, 0.2) is 0 Å². The summed E-state index contributed by atoms with van der Waals surface area (Å²) in [5, 5.41) is 22.6. The molecule has 2 heterocycles. The summed E-state index contributed by atoms with van der Waals surface area (Å²) in [6, 6.07) is 5.05. The van der Waals surface area contributed by atoms with Gasteiger partial charge in [-0.25, -0.2) is 0 Å². The molecule has 0 bridgehead atoms. The van der Waals surface area contributed by atoms with Gasteiger partial charge in [-0.1, -0.05) is 26.9 Å². The molecule has 17 heavy (non-hydrogen) atoms. The fourth-order valence-electron chi connectivity index (χ4n) is 1.52. The highest BCUT2D eigenvalue weighted by molar-refractivity contribution is 6.30. The molecule has 0 saturated heterocycles. The topological polar surface area (TPSA) is 72.0 Å². The molecule has 0 spiro atoms. The minimum atomic E-state index is 0.445. The Morgan fingerprint density at radius 1 is 1.29 bits per heavy atom. The molecule has 0 atom stereocenters. The van der Waals surface area contributed by atoms with E-state index in [-0.39, 0.29) is 0 Å². The number of nitrogens with zero attached hydrogens (tertiary/aromatic N) is 5. The number of aromatic nitrogens is 3. The summed E-state index contributed by atoms with van der Waals surface area (Å²) in [6.07, 6.45) is 4.73. The number of hydrazine groups is 2. The molecule has 86 valence electrons. The van der Waals surface area contributed by atoms with Crippen molar-refractivity contribution in [3.8, 4) is 0 Å². The van der Waals surface area contributed by atoms with Crippen LogP contribution >= 0.6 is 11.6 Å². The molecular formula is C9H7ClN6O. The number of rotatable bonds is 1. The Bertz CT molecular complexity index is 667. The van der Waals surface area contributed by atoms with Gasteiger partial charge in [-0.15, -0.1) is 15.3 Å². The molecule has 1 aliphatic rings. The van der Waals surface area contributed by atoms with Crippen molar-refractivity contribution in [3.05, 3.63) is 51.4 Å². The number of halogens is 1. The second-order valence-corrected chi connectivity index (χ2v) is 3.81. The van der Waals surface area contributed by atoms with Crippen LogP contribution in [0.1, 0.15) is 0 Å². The van der Waals surface area contributed by atoms with Crippen molar-refractivity contribution in [2.24, 2.45) is 0 Å². The molecule has 8 heteroatoms. The van der Waals surface area contributed by atoms with Gasteiger partial charge in [-0.3, -0.25) is 0 Å². The van der Waals surface area contributed by atoms with Crippen molar-refractivity contribution in [3.63, 3.8) is 0 Å². The number of nitrogens with one attached hydrogen (secondary N) is 1. The summed E-state index contributed by atoms with van der Waals surface area (Å²) in [4.78, 5) is 1.85. The first-order valence-electron chi connectivity index (χ1n) is 4.78. The smallest absolute Gasteiger partial charge is 0.254 e. The van der Waals surface area contributed by atoms with Crippen molar-refractivity contribution in [1.82, 2.24) is 25.5 Å². The molecule has 1 aromatic heterocycles. The normalized spacial score (nSPS) is 13.9. The monoisotopic (exact) mass is 250 g/mol. The molecule has 3 rings (SSSR count). The van der Waals surface area contributed by atoms with Crippen LogP contribution < -0.4 is 26.1 Å². The summed E-state index contributed by atoms with van der Waals surface area (Å²) < 4.78 is 0. The van der Waals surface area contributed by atoms with Crippen LogP contribution in [0.3, 0.4) is 0 Å². The van der Waals surface area contributed by atoms with E-state index in [4.69, 9.17) is 11.6 Å². The van der Waals surface area contributed by atoms with Gasteiger partial charge in [0.25, 0.3) is 5.36 Å². The van der Waals surface area contributed by atoms with E-state index in [9.17, 15) is 5.21 Å². The van der Waals surface area contributed by atoms with E-state index < -0.39 is 0 Å². The third kappa shape index (κ3) is 1.66. The first-order valence-corrected chi connectivity index (χ1v) is 5.15. The van der Waals surface area contributed by atoms with Crippen molar-refractivity contribution >= 4 is 17.8 Å². The molecule has 0 fully saturated rings. The lowest BCUT2D eigenvalue weighted by atomic mass is 10.3. The number of hydrogen-bond acceptors (Lipinski definition) is 5. The second-order valence-electron chi connectivity index (χ2n) is 3.37. The van der Waals surface area contributed by atoms with E-state index in [2.05, 4.69) is 15.7 Å². The van der Waals surface area contributed by atoms with Crippen LogP contribution in [0.4, 0.5) is 0 Å². The minimum absolute atomic E-state index is 0.445. The van der Waals surface area contributed by atoms with Crippen molar-refractivity contribution in [1.29, 1.82) is 0 Å². The molecule has 0 unspecified atom stereocenters. The second kappa shape index (κ2) is 3.63. The van der Waals surface area contributed by atoms with Gasteiger partial charge in [-0.05, 0) is 12.1 Å². The van der Waals surface area contributed by atoms with Gasteiger partial charge in [0.2, 0.25) is 0 Å². The van der Waals surface area contributed by atoms with Crippen LogP contribution in [0, 0.1) is 5.21 Å². The Labute approximate surface area is 100 Å². The lowest BCUT2D eigenvalue weighted by molar-refractivity contribution is 0.401. The first kappa shape index (κ1) is 9.91. The summed E-state index contributed by atoms with van der Waals surface area (Å²) in [7, 11) is 0. The van der Waals surface area contributed by atoms with Crippen LogP contribution in [-0.2, 0) is 0 Å². The summed E-state index contributed by atoms with van der Waals surface area (Å²) in [6.45, 7) is 0. The van der Waals surface area contributed by atoms with Gasteiger partial charge in [0.1, 0.15) is 0 Å². The van der Waals surface area contributed by atoms with Crippen molar-refractivity contribution in [2.45, 2.75) is 0 Å². The minimum Gasteiger partial charge on any atom is -0.594 e. The fraction of sp³-hybridized carbons (Fsp3) is 0. The third-order valence-electron chi connectivity index (χ3n) is 2.27. The SMILES string of the molecule is [O-][N+]1=c2cc(Cl)ccc2=CN(n2nccn2)N1. The Hall–Kier alpha value is -2.28. The highest BCUT2D eigenvalue weighted by atomic mass is 35.5. The van der Waals surface area contributed by atoms with Crippen LogP contribution in [-0.4, -0.2) is 15.1 Å². The van der Waals surface area contributed by atoms with E-state index in [1.54, 1.807) is 24.4 Å². The maximum atomic E-state index is 11.8.